The maximum Gasteiger partial charge on any atom is 0.223 e. The topological polar surface area (TPSA) is 144 Å². The lowest BCUT2D eigenvalue weighted by Gasteiger charge is -2.27. The van der Waals surface area contributed by atoms with Crippen molar-refractivity contribution >= 4 is 65.7 Å². The number of aliphatic hydroxyl groups excluding tert-OH is 1. The minimum absolute atomic E-state index is 0.0134. The van der Waals surface area contributed by atoms with Crippen LogP contribution in [0.15, 0.2) is 94.4 Å². The summed E-state index contributed by atoms with van der Waals surface area (Å²) < 4.78 is 23.0. The first-order chi connectivity index (χ1) is 31.2. The molecule has 0 spiro atoms. The largest absolute Gasteiger partial charge is 0.506 e. The van der Waals surface area contributed by atoms with E-state index in [1.807, 2.05) is 96.1 Å². The minimum atomic E-state index is -0.433. The minimum Gasteiger partial charge on any atom is -0.506 e. The maximum atomic E-state index is 12.9. The fourth-order valence-corrected chi connectivity index (χ4v) is 9.75. The van der Waals surface area contributed by atoms with Gasteiger partial charge in [-0.15, -0.1) is 0 Å². The Morgan fingerprint density at radius 1 is 0.646 bits per heavy atom. The van der Waals surface area contributed by atoms with Gasteiger partial charge in [0.2, 0.25) is 11.8 Å². The maximum absolute atomic E-state index is 12.9. The number of nitrogens with zero attached hydrogens (tertiary/aromatic N) is 6. The zero-order valence-corrected chi connectivity index (χ0v) is 40.9. The van der Waals surface area contributed by atoms with Crippen LogP contribution in [0.4, 0.5) is 0 Å². The number of aromatic nitrogens is 4. The second kappa shape index (κ2) is 19.8. The van der Waals surface area contributed by atoms with Crippen molar-refractivity contribution in [3.8, 4) is 23.0 Å². The third kappa shape index (κ3) is 10.5. The molecule has 344 valence electrons. The Kier molecular flexibility index (Phi) is 14.1. The standard InChI is InChI=1S/C25H28BrN3O3.C15H21NO3.C10H9BrN2O/c1-15(17-4-8-21(31-3)9-5-17)28-13-18(10-24(28)30)16(2)32-23-12-19(26)11-22-25(23)29(14-27-22)20-6-7-20;1-10(12-4-6-14(19-3)7-5-12)16-9-13(11(2)17)8-15(16)18;11-6-3-8-10(9(14)4-6)13(5-12-8)7-1-2-7/h4-5,8-9,11-12,14-16,18,20H,6-7,10,13H2,1-3H3;4-7,10-11,13,17H,8-9H2,1-3H3;3-5,7,14H,1-2H2/t15-,16-,18-;10-,11+,13-;/m11./s1. The molecule has 2 saturated carbocycles. The van der Waals surface area contributed by atoms with Crippen LogP contribution in [0.1, 0.15) is 102 Å². The number of phenolic OH excluding ortho intramolecular Hbond substituents is 1. The lowest BCUT2D eigenvalue weighted by Crippen LogP contribution is -2.31. The van der Waals surface area contributed by atoms with E-state index in [2.05, 4.69) is 64.8 Å². The molecular formula is C50H58Br2N6O7. The van der Waals surface area contributed by atoms with Gasteiger partial charge in [-0.05, 0) is 113 Å². The summed E-state index contributed by atoms with van der Waals surface area (Å²) in [6.45, 7) is 9.24. The number of phenols is 1. The highest BCUT2D eigenvalue weighted by atomic mass is 79.9. The van der Waals surface area contributed by atoms with Crippen molar-refractivity contribution in [3.63, 3.8) is 0 Å². The normalized spacial score (nSPS) is 20.2. The van der Waals surface area contributed by atoms with E-state index in [0.717, 1.165) is 59.4 Å². The van der Waals surface area contributed by atoms with Crippen molar-refractivity contribution in [2.24, 2.45) is 11.8 Å². The Bertz CT molecular complexity index is 2630. The van der Waals surface area contributed by atoms with E-state index in [0.29, 0.717) is 43.8 Å². The number of halogens is 2. The fraction of sp³-hybridized carbons (Fsp3) is 0.440. The molecule has 2 aromatic heterocycles. The molecule has 13 nitrogen and oxygen atoms in total. The summed E-state index contributed by atoms with van der Waals surface area (Å²) in [7, 11) is 3.29. The van der Waals surface area contributed by atoms with E-state index in [-0.39, 0.29) is 41.8 Å². The first-order valence-corrected chi connectivity index (χ1v) is 24.0. The molecule has 10 rings (SSSR count). The average Bonchev–Trinajstić information content (AvgIpc) is 4.15. The molecule has 15 heteroatoms. The van der Waals surface area contributed by atoms with Gasteiger partial charge >= 0.3 is 0 Å². The molecule has 2 aliphatic heterocycles. The number of ether oxygens (including phenoxy) is 3. The Morgan fingerprint density at radius 3 is 1.55 bits per heavy atom. The summed E-state index contributed by atoms with van der Waals surface area (Å²) in [5.74, 6) is 3.25. The van der Waals surface area contributed by atoms with E-state index < -0.39 is 6.10 Å². The number of imidazole rings is 2. The van der Waals surface area contributed by atoms with Gasteiger partial charge in [0.15, 0.2) is 0 Å². The van der Waals surface area contributed by atoms with Gasteiger partial charge in [-0.25, -0.2) is 9.97 Å². The first kappa shape index (κ1) is 46.4. The van der Waals surface area contributed by atoms with Gasteiger partial charge in [-0.1, -0.05) is 56.1 Å². The van der Waals surface area contributed by atoms with Crippen LogP contribution < -0.4 is 14.2 Å². The molecule has 6 aromatic rings. The van der Waals surface area contributed by atoms with E-state index in [4.69, 9.17) is 14.2 Å². The lowest BCUT2D eigenvalue weighted by molar-refractivity contribution is -0.130. The number of carbonyl (C=O) groups excluding carboxylic acids is 2. The molecule has 0 unspecified atom stereocenters. The monoisotopic (exact) mass is 1010 g/mol. The fourth-order valence-electron chi connectivity index (χ4n) is 8.89. The van der Waals surface area contributed by atoms with Crippen LogP contribution in [0.25, 0.3) is 22.1 Å². The Hall–Kier alpha value is -5.12. The molecule has 0 radical (unpaired) electrons. The number of fused-ring (bicyclic) bond motifs is 2. The molecule has 4 aromatic carbocycles. The summed E-state index contributed by atoms with van der Waals surface area (Å²) in [5, 5.41) is 19.4. The number of aromatic hydroxyl groups is 1. The summed E-state index contributed by atoms with van der Waals surface area (Å²) >= 11 is 6.93. The second-order valence-electron chi connectivity index (χ2n) is 17.8. The number of likely N-dealkylation sites (tertiary alicyclic amines) is 2. The van der Waals surface area contributed by atoms with Crippen molar-refractivity contribution in [2.45, 2.75) is 103 Å². The number of hydrogen-bond donors (Lipinski definition) is 2. The van der Waals surface area contributed by atoms with Crippen LogP contribution in [0.3, 0.4) is 0 Å². The number of amides is 2. The summed E-state index contributed by atoms with van der Waals surface area (Å²) in [4.78, 5) is 37.6. The molecule has 2 N–H and O–H groups in total. The second-order valence-corrected chi connectivity index (χ2v) is 19.6. The van der Waals surface area contributed by atoms with Crippen molar-refractivity contribution in [3.05, 3.63) is 106 Å². The highest BCUT2D eigenvalue weighted by Crippen LogP contribution is 2.42. The highest BCUT2D eigenvalue weighted by molar-refractivity contribution is 9.10. The van der Waals surface area contributed by atoms with E-state index >= 15 is 0 Å². The van der Waals surface area contributed by atoms with Crippen LogP contribution >= 0.6 is 31.9 Å². The Labute approximate surface area is 396 Å². The molecule has 4 fully saturated rings. The molecule has 4 heterocycles. The molecule has 2 amide bonds. The predicted octanol–water partition coefficient (Wildman–Crippen LogP) is 10.3. The van der Waals surface area contributed by atoms with Gasteiger partial charge in [-0.2, -0.15) is 0 Å². The molecule has 4 aliphatic rings. The number of hydrogen-bond acceptors (Lipinski definition) is 9. The van der Waals surface area contributed by atoms with Crippen LogP contribution in [0, 0.1) is 11.8 Å². The van der Waals surface area contributed by atoms with Crippen molar-refractivity contribution in [1.29, 1.82) is 0 Å². The zero-order chi connectivity index (χ0) is 46.1. The van der Waals surface area contributed by atoms with Crippen molar-refractivity contribution in [1.82, 2.24) is 28.9 Å². The SMILES string of the molecule is COc1ccc([C@@H](C)N2C[C@H]([C@@H](C)Oc3cc(Br)cc4ncn(C5CC5)c34)CC2=O)cc1.COc1ccc([C@@H](C)N2C[C@H]([C@H](C)O)CC2=O)cc1.Oc1cc(Br)cc2ncn(C3CC3)c12. The molecule has 6 atom stereocenters. The molecular weight excluding hydrogens is 956 g/mol. The van der Waals surface area contributed by atoms with Crippen molar-refractivity contribution < 1.29 is 34.0 Å². The van der Waals surface area contributed by atoms with Gasteiger partial charge in [0.05, 0.1) is 56.1 Å². The van der Waals surface area contributed by atoms with E-state index in [9.17, 15) is 19.8 Å². The number of methoxy groups -OCH3 is 2. The number of carbonyl (C=O) groups is 2. The number of aliphatic hydroxyl groups is 1. The van der Waals surface area contributed by atoms with E-state index in [1.54, 1.807) is 27.2 Å². The molecule has 2 aliphatic carbocycles. The summed E-state index contributed by atoms with van der Waals surface area (Å²) in [6, 6.07) is 24.5. The number of rotatable bonds is 12. The van der Waals surface area contributed by atoms with Gasteiger partial charge in [0.1, 0.15) is 40.1 Å². The van der Waals surface area contributed by atoms with Gasteiger partial charge < -0.3 is 43.4 Å². The Morgan fingerprint density at radius 2 is 1.09 bits per heavy atom. The Balaban J connectivity index is 0.000000147. The van der Waals surface area contributed by atoms with Crippen LogP contribution in [-0.4, -0.2) is 90.4 Å². The van der Waals surface area contributed by atoms with Crippen LogP contribution in [-0.2, 0) is 9.59 Å². The van der Waals surface area contributed by atoms with Gasteiger partial charge in [-0.3, -0.25) is 9.59 Å². The van der Waals surface area contributed by atoms with Crippen LogP contribution in [0.2, 0.25) is 0 Å². The highest BCUT2D eigenvalue weighted by Gasteiger charge is 2.38. The summed E-state index contributed by atoms with van der Waals surface area (Å²) in [5.41, 5.74) is 5.89. The first-order valence-electron chi connectivity index (χ1n) is 22.5. The molecule has 2 saturated heterocycles. The van der Waals surface area contributed by atoms with Gasteiger partial charge in [0.25, 0.3) is 0 Å². The van der Waals surface area contributed by atoms with E-state index in [1.165, 1.54) is 25.7 Å². The third-order valence-electron chi connectivity index (χ3n) is 13.3. The zero-order valence-electron chi connectivity index (χ0n) is 37.7. The quantitative estimate of drug-likeness (QED) is 0.122. The molecule has 65 heavy (non-hydrogen) atoms. The van der Waals surface area contributed by atoms with Crippen molar-refractivity contribution in [2.75, 3.05) is 27.3 Å². The number of benzene rings is 4. The smallest absolute Gasteiger partial charge is 0.223 e. The van der Waals surface area contributed by atoms with Crippen LogP contribution in [0.5, 0.6) is 23.0 Å². The lowest BCUT2D eigenvalue weighted by atomic mass is 10.0. The van der Waals surface area contributed by atoms with Gasteiger partial charge in [0, 0.05) is 58.8 Å². The summed E-state index contributed by atoms with van der Waals surface area (Å²) in [6.07, 6.45) is 8.92. The third-order valence-corrected chi connectivity index (χ3v) is 14.2. The predicted molar refractivity (Wildman–Crippen MR) is 257 cm³/mol. The molecule has 0 bridgehead atoms. The average molecular weight is 1010 g/mol.